The van der Waals surface area contributed by atoms with Gasteiger partial charge < -0.3 is 0 Å². The van der Waals surface area contributed by atoms with Gasteiger partial charge in [0.2, 0.25) is 0 Å². The Morgan fingerprint density at radius 3 is 2.06 bits per heavy atom. The van der Waals surface area contributed by atoms with E-state index in [2.05, 4.69) is 23.9 Å². The van der Waals surface area contributed by atoms with Gasteiger partial charge in [-0.1, -0.05) is 55.2 Å². The lowest BCUT2D eigenvalue weighted by molar-refractivity contribution is 0.298. The molecule has 100 valence electrons. The van der Waals surface area contributed by atoms with Gasteiger partial charge in [-0.3, -0.25) is 0 Å². The smallest absolute Gasteiger partial charge is 0.192 e. The zero-order valence-corrected chi connectivity index (χ0v) is 11.5. The lowest BCUT2D eigenvalue weighted by Gasteiger charge is -2.18. The van der Waals surface area contributed by atoms with Gasteiger partial charge in [-0.15, -0.1) is 9.25 Å². The van der Waals surface area contributed by atoms with E-state index in [1.165, 1.54) is 29.2 Å². The standard InChI is InChI=1S/C7H8.C6H12N2O2S/c1-7-5-3-2-4-6-7;9-11(10)7-8(11)6-4-2-1-3-5-6/h2-6H,1H3;6-7H,1-5H2. The number of nitrogens with one attached hydrogen (secondary N) is 1. The number of hydrogen-bond acceptors (Lipinski definition) is 2. The van der Waals surface area contributed by atoms with Crippen LogP contribution in [0.4, 0.5) is 0 Å². The summed E-state index contributed by atoms with van der Waals surface area (Å²) >= 11 is 0. The summed E-state index contributed by atoms with van der Waals surface area (Å²) in [6.07, 6.45) is 5.62. The quantitative estimate of drug-likeness (QED) is 0.795. The summed E-state index contributed by atoms with van der Waals surface area (Å²) in [5, 5.41) is 0. The minimum absolute atomic E-state index is 0.244. The Bertz CT molecular complexity index is 467. The molecule has 4 nitrogen and oxygen atoms in total. The molecule has 2 aliphatic rings. The second-order valence-electron chi connectivity index (χ2n) is 4.84. The molecule has 1 unspecified atom stereocenters. The zero-order chi connectivity index (χ0) is 13.0. The first kappa shape index (κ1) is 13.5. The molecule has 0 amide bonds. The molecule has 0 spiro atoms. The van der Waals surface area contributed by atoms with Crippen molar-refractivity contribution in [2.45, 2.75) is 45.1 Å². The van der Waals surface area contributed by atoms with Crippen LogP contribution in [0, 0.1) is 6.92 Å². The van der Waals surface area contributed by atoms with Crippen LogP contribution in [-0.4, -0.2) is 18.9 Å². The highest BCUT2D eigenvalue weighted by atomic mass is 32.2. The zero-order valence-electron chi connectivity index (χ0n) is 10.7. The first-order chi connectivity index (χ1) is 8.59. The van der Waals surface area contributed by atoms with Crippen LogP contribution in [0.2, 0.25) is 0 Å². The Hall–Kier alpha value is -0.910. The van der Waals surface area contributed by atoms with Gasteiger partial charge in [-0.05, 0) is 19.8 Å². The van der Waals surface area contributed by atoms with E-state index >= 15 is 0 Å². The second-order valence-corrected chi connectivity index (χ2v) is 6.36. The van der Waals surface area contributed by atoms with Crippen molar-refractivity contribution in [2.24, 2.45) is 0 Å². The summed E-state index contributed by atoms with van der Waals surface area (Å²) in [4.78, 5) is 2.38. The van der Waals surface area contributed by atoms with Crippen LogP contribution in [0.3, 0.4) is 0 Å². The van der Waals surface area contributed by atoms with E-state index in [1.54, 1.807) is 0 Å². The van der Waals surface area contributed by atoms with E-state index in [1.807, 2.05) is 18.2 Å². The summed E-state index contributed by atoms with van der Waals surface area (Å²) in [5.74, 6) is 0. The topological polar surface area (TPSA) is 59.1 Å². The van der Waals surface area contributed by atoms with Crippen LogP contribution in [-0.2, 0) is 10.2 Å². The Morgan fingerprint density at radius 1 is 1.11 bits per heavy atom. The van der Waals surface area contributed by atoms with E-state index in [0.717, 1.165) is 12.8 Å². The van der Waals surface area contributed by atoms with E-state index < -0.39 is 10.2 Å². The molecule has 0 radical (unpaired) electrons. The van der Waals surface area contributed by atoms with E-state index in [0.29, 0.717) is 0 Å². The van der Waals surface area contributed by atoms with E-state index in [4.69, 9.17) is 0 Å². The molecule has 1 saturated carbocycles. The third-order valence-corrected chi connectivity index (χ3v) is 4.44. The van der Waals surface area contributed by atoms with Gasteiger partial charge in [0.15, 0.2) is 0 Å². The van der Waals surface area contributed by atoms with Crippen molar-refractivity contribution in [3.63, 3.8) is 0 Å². The molecule has 1 aromatic rings. The van der Waals surface area contributed by atoms with Crippen molar-refractivity contribution in [2.75, 3.05) is 0 Å². The average Bonchev–Trinajstić information content (AvgIpc) is 3.01. The Labute approximate surface area is 109 Å². The number of hydrogen-bond donors (Lipinski definition) is 1. The Morgan fingerprint density at radius 2 is 1.67 bits per heavy atom. The summed E-state index contributed by atoms with van der Waals surface area (Å²) in [6, 6.07) is 10.5. The highest BCUT2D eigenvalue weighted by molar-refractivity contribution is 7.92. The highest BCUT2D eigenvalue weighted by Gasteiger charge is 2.45. The van der Waals surface area contributed by atoms with Crippen LogP contribution in [0.5, 0.6) is 0 Å². The first-order valence-electron chi connectivity index (χ1n) is 6.43. The van der Waals surface area contributed by atoms with Crippen molar-refractivity contribution in [1.82, 2.24) is 9.25 Å². The number of aryl methyl sites for hydroxylation is 1. The van der Waals surface area contributed by atoms with Gasteiger partial charge in [0.25, 0.3) is 0 Å². The molecule has 1 atom stereocenters. The molecular weight excluding hydrogens is 248 g/mol. The van der Waals surface area contributed by atoms with Crippen LogP contribution in [0.1, 0.15) is 37.7 Å². The SMILES string of the molecule is Cc1ccccc1.O=S1(=O)NN1C1CCCCC1. The van der Waals surface area contributed by atoms with Crippen LogP contribution in [0.15, 0.2) is 30.3 Å². The Balaban J connectivity index is 0.000000149. The van der Waals surface area contributed by atoms with Gasteiger partial charge in [-0.2, -0.15) is 8.42 Å². The van der Waals surface area contributed by atoms with Gasteiger partial charge in [0.1, 0.15) is 0 Å². The predicted molar refractivity (Wildman–Crippen MR) is 71.9 cm³/mol. The fourth-order valence-corrected chi connectivity index (χ4v) is 3.35. The molecule has 1 aromatic carbocycles. The van der Waals surface area contributed by atoms with E-state index in [-0.39, 0.29) is 6.04 Å². The minimum Gasteiger partial charge on any atom is -0.192 e. The third kappa shape index (κ3) is 3.80. The molecule has 1 aliphatic carbocycles. The average molecular weight is 268 g/mol. The number of nitrogens with zero attached hydrogens (tertiary/aromatic N) is 1. The molecule has 1 heterocycles. The first-order valence-corrected chi connectivity index (χ1v) is 7.87. The number of rotatable bonds is 1. The number of hydrazine groups is 1. The normalized spacial score (nSPS) is 25.9. The molecule has 5 heteroatoms. The van der Waals surface area contributed by atoms with E-state index in [9.17, 15) is 8.42 Å². The lowest BCUT2D eigenvalue weighted by atomic mass is 9.96. The van der Waals surface area contributed by atoms with Gasteiger partial charge >= 0.3 is 10.2 Å². The van der Waals surface area contributed by atoms with Crippen LogP contribution >= 0.6 is 0 Å². The van der Waals surface area contributed by atoms with Crippen molar-refractivity contribution >= 4 is 10.2 Å². The summed E-state index contributed by atoms with van der Waals surface area (Å²) in [5.41, 5.74) is 1.32. The van der Waals surface area contributed by atoms with Gasteiger partial charge in [0.05, 0.1) is 0 Å². The maximum atomic E-state index is 10.8. The van der Waals surface area contributed by atoms with Crippen molar-refractivity contribution < 1.29 is 8.42 Å². The molecular formula is C13H20N2O2S. The fraction of sp³-hybridized carbons (Fsp3) is 0.538. The monoisotopic (exact) mass is 268 g/mol. The van der Waals surface area contributed by atoms with Crippen molar-refractivity contribution in [1.29, 1.82) is 0 Å². The fourth-order valence-electron chi connectivity index (χ4n) is 2.22. The summed E-state index contributed by atoms with van der Waals surface area (Å²) < 4.78 is 23.0. The second kappa shape index (κ2) is 5.82. The molecule has 1 saturated heterocycles. The molecule has 3 rings (SSSR count). The highest BCUT2D eigenvalue weighted by Crippen LogP contribution is 2.27. The Kier molecular flexibility index (Phi) is 4.37. The van der Waals surface area contributed by atoms with Crippen molar-refractivity contribution in [3.05, 3.63) is 35.9 Å². The summed E-state index contributed by atoms with van der Waals surface area (Å²) in [6.45, 7) is 2.08. The third-order valence-electron chi connectivity index (χ3n) is 3.28. The lowest BCUT2D eigenvalue weighted by Crippen LogP contribution is -2.23. The molecule has 1 aliphatic heterocycles. The molecule has 0 aromatic heterocycles. The van der Waals surface area contributed by atoms with Crippen LogP contribution < -0.4 is 4.83 Å². The van der Waals surface area contributed by atoms with Gasteiger partial charge in [-0.25, -0.2) is 0 Å². The summed E-state index contributed by atoms with van der Waals surface area (Å²) in [7, 11) is -2.97. The number of benzene rings is 1. The van der Waals surface area contributed by atoms with Crippen LogP contribution in [0.25, 0.3) is 0 Å². The molecule has 1 N–H and O–H groups in total. The predicted octanol–water partition coefficient (Wildman–Crippen LogP) is 2.38. The largest absolute Gasteiger partial charge is 0.307 e. The van der Waals surface area contributed by atoms with Crippen molar-refractivity contribution in [3.8, 4) is 0 Å². The molecule has 0 bridgehead atoms. The van der Waals surface area contributed by atoms with Gasteiger partial charge in [0, 0.05) is 6.04 Å². The minimum atomic E-state index is -2.97. The maximum Gasteiger partial charge on any atom is 0.307 e. The maximum absolute atomic E-state index is 10.8. The molecule has 18 heavy (non-hydrogen) atoms. The molecule has 2 fully saturated rings.